The average molecular weight is 299 g/mol. The molecule has 2 heterocycles. The highest BCUT2D eigenvalue weighted by atomic mass is 16.3. The Morgan fingerprint density at radius 1 is 1.27 bits per heavy atom. The van der Waals surface area contributed by atoms with E-state index < -0.39 is 6.10 Å². The Bertz CT molecular complexity index is 590. The molecule has 0 aliphatic carbocycles. The Hall–Kier alpha value is -2.14. The van der Waals surface area contributed by atoms with Gasteiger partial charge in [-0.2, -0.15) is 5.10 Å². The van der Waals surface area contributed by atoms with Gasteiger partial charge in [-0.15, -0.1) is 0 Å². The van der Waals surface area contributed by atoms with Crippen molar-refractivity contribution in [1.82, 2.24) is 15.1 Å². The summed E-state index contributed by atoms with van der Waals surface area (Å²) in [5.41, 5.74) is 2.12. The van der Waals surface area contributed by atoms with Gasteiger partial charge in [-0.1, -0.05) is 30.3 Å². The molecule has 0 bridgehead atoms. The number of carbonyl (C=O) groups is 1. The van der Waals surface area contributed by atoms with Crippen molar-refractivity contribution in [3.8, 4) is 0 Å². The van der Waals surface area contributed by atoms with Crippen LogP contribution in [0, 0.1) is 0 Å². The summed E-state index contributed by atoms with van der Waals surface area (Å²) in [6.07, 6.45) is 3.00. The summed E-state index contributed by atoms with van der Waals surface area (Å²) in [6.45, 7) is 1.38. The minimum atomic E-state index is -0.953. The summed E-state index contributed by atoms with van der Waals surface area (Å²) in [5.74, 6) is 0.268. The minimum Gasteiger partial charge on any atom is -0.383 e. The summed E-state index contributed by atoms with van der Waals surface area (Å²) in [7, 11) is 0. The van der Waals surface area contributed by atoms with Gasteiger partial charge in [0.2, 0.25) is 0 Å². The highest BCUT2D eigenvalue weighted by Gasteiger charge is 2.28. The molecule has 3 rings (SSSR count). The van der Waals surface area contributed by atoms with E-state index in [0.29, 0.717) is 25.4 Å². The fourth-order valence-electron chi connectivity index (χ4n) is 3.04. The Kier molecular flexibility index (Phi) is 4.53. The lowest BCUT2D eigenvalue weighted by atomic mass is 9.93. The molecule has 2 aromatic rings. The fourth-order valence-corrected chi connectivity index (χ4v) is 3.04. The summed E-state index contributed by atoms with van der Waals surface area (Å²) < 4.78 is 0. The van der Waals surface area contributed by atoms with Gasteiger partial charge < -0.3 is 10.0 Å². The Morgan fingerprint density at radius 2 is 2.00 bits per heavy atom. The SMILES string of the molecule is O=C([C@@H](O)Cc1ccccc1)N1CCC(c2ccn[nH]2)CC1. The van der Waals surface area contributed by atoms with Crippen molar-refractivity contribution >= 4 is 5.91 Å². The number of likely N-dealkylation sites (tertiary alicyclic amines) is 1. The van der Waals surface area contributed by atoms with Crippen molar-refractivity contribution in [2.24, 2.45) is 0 Å². The number of aromatic amines is 1. The van der Waals surface area contributed by atoms with Crippen LogP contribution in [0.1, 0.15) is 30.0 Å². The maximum absolute atomic E-state index is 12.4. The predicted molar refractivity (Wildman–Crippen MR) is 83.3 cm³/mol. The van der Waals surface area contributed by atoms with Crippen molar-refractivity contribution in [2.75, 3.05) is 13.1 Å². The molecule has 1 aliphatic heterocycles. The molecule has 1 fully saturated rings. The van der Waals surface area contributed by atoms with E-state index in [0.717, 1.165) is 24.1 Å². The molecule has 0 spiro atoms. The number of rotatable bonds is 4. The summed E-state index contributed by atoms with van der Waals surface area (Å²) in [5, 5.41) is 17.2. The van der Waals surface area contributed by atoms with E-state index in [2.05, 4.69) is 10.2 Å². The standard InChI is InChI=1S/C17H21N3O2/c21-16(12-13-4-2-1-3-5-13)17(22)20-10-7-14(8-11-20)15-6-9-18-19-15/h1-6,9,14,16,21H,7-8,10-12H2,(H,18,19)/t16-/m0/s1. The van der Waals surface area contributed by atoms with Crippen LogP contribution in [-0.4, -0.2) is 45.3 Å². The number of amides is 1. The molecule has 5 heteroatoms. The van der Waals surface area contributed by atoms with Gasteiger partial charge in [0.05, 0.1) is 0 Å². The second kappa shape index (κ2) is 6.75. The number of nitrogens with zero attached hydrogens (tertiary/aromatic N) is 2. The van der Waals surface area contributed by atoms with Crippen LogP contribution in [0.3, 0.4) is 0 Å². The lowest BCUT2D eigenvalue weighted by Gasteiger charge is -2.32. The normalized spacial score (nSPS) is 17.4. The van der Waals surface area contributed by atoms with Gasteiger partial charge >= 0.3 is 0 Å². The van der Waals surface area contributed by atoms with Gasteiger partial charge in [-0.3, -0.25) is 9.89 Å². The number of H-pyrrole nitrogens is 1. The van der Waals surface area contributed by atoms with E-state index in [9.17, 15) is 9.90 Å². The zero-order valence-corrected chi connectivity index (χ0v) is 12.5. The monoisotopic (exact) mass is 299 g/mol. The maximum atomic E-state index is 12.4. The lowest BCUT2D eigenvalue weighted by Crippen LogP contribution is -2.44. The first-order valence-corrected chi connectivity index (χ1v) is 7.74. The molecule has 0 radical (unpaired) electrons. The van der Waals surface area contributed by atoms with Crippen LogP contribution >= 0.6 is 0 Å². The number of aliphatic hydroxyl groups is 1. The first kappa shape index (κ1) is 14.8. The van der Waals surface area contributed by atoms with Crippen LogP contribution in [0.2, 0.25) is 0 Å². The zero-order valence-electron chi connectivity index (χ0n) is 12.5. The molecule has 116 valence electrons. The zero-order chi connectivity index (χ0) is 15.4. The third-order valence-corrected chi connectivity index (χ3v) is 4.33. The molecule has 1 amide bonds. The number of piperidine rings is 1. The molecule has 1 atom stereocenters. The van der Waals surface area contributed by atoms with Crippen LogP contribution in [-0.2, 0) is 11.2 Å². The number of benzene rings is 1. The molecule has 1 aromatic heterocycles. The van der Waals surface area contributed by atoms with Gasteiger partial charge in [0, 0.05) is 37.3 Å². The van der Waals surface area contributed by atoms with Crippen LogP contribution in [0.5, 0.6) is 0 Å². The Balaban J connectivity index is 1.53. The van der Waals surface area contributed by atoms with Gasteiger partial charge in [-0.05, 0) is 24.5 Å². The van der Waals surface area contributed by atoms with Crippen LogP contribution < -0.4 is 0 Å². The highest BCUT2D eigenvalue weighted by molar-refractivity contribution is 5.81. The molecule has 1 aromatic carbocycles. The van der Waals surface area contributed by atoms with Crippen molar-refractivity contribution in [3.05, 3.63) is 53.9 Å². The molecule has 0 saturated carbocycles. The van der Waals surface area contributed by atoms with E-state index in [4.69, 9.17) is 0 Å². The van der Waals surface area contributed by atoms with Crippen molar-refractivity contribution in [3.63, 3.8) is 0 Å². The van der Waals surface area contributed by atoms with E-state index in [1.807, 2.05) is 36.4 Å². The fraction of sp³-hybridized carbons (Fsp3) is 0.412. The summed E-state index contributed by atoms with van der Waals surface area (Å²) >= 11 is 0. The Labute approximate surface area is 130 Å². The first-order valence-electron chi connectivity index (χ1n) is 7.74. The van der Waals surface area contributed by atoms with Crippen molar-refractivity contribution < 1.29 is 9.90 Å². The smallest absolute Gasteiger partial charge is 0.251 e. The van der Waals surface area contributed by atoms with E-state index in [-0.39, 0.29) is 5.91 Å². The van der Waals surface area contributed by atoms with Crippen molar-refractivity contribution in [1.29, 1.82) is 0 Å². The van der Waals surface area contributed by atoms with E-state index >= 15 is 0 Å². The second-order valence-electron chi connectivity index (χ2n) is 5.82. The number of nitrogens with one attached hydrogen (secondary N) is 1. The third-order valence-electron chi connectivity index (χ3n) is 4.33. The average Bonchev–Trinajstić information content (AvgIpc) is 3.10. The van der Waals surface area contributed by atoms with E-state index in [1.165, 1.54) is 0 Å². The maximum Gasteiger partial charge on any atom is 0.251 e. The van der Waals surface area contributed by atoms with Crippen LogP contribution in [0.15, 0.2) is 42.6 Å². The van der Waals surface area contributed by atoms with Crippen molar-refractivity contribution in [2.45, 2.75) is 31.3 Å². The molecular formula is C17H21N3O2. The summed E-state index contributed by atoms with van der Waals surface area (Å²) in [4.78, 5) is 14.1. The second-order valence-corrected chi connectivity index (χ2v) is 5.82. The largest absolute Gasteiger partial charge is 0.383 e. The quantitative estimate of drug-likeness (QED) is 0.903. The molecule has 0 unspecified atom stereocenters. The number of carbonyl (C=O) groups excluding carboxylic acids is 1. The molecular weight excluding hydrogens is 278 g/mol. The molecule has 2 N–H and O–H groups in total. The van der Waals surface area contributed by atoms with Gasteiger partial charge in [0.25, 0.3) is 5.91 Å². The summed E-state index contributed by atoms with van der Waals surface area (Å²) in [6, 6.07) is 11.6. The number of aromatic nitrogens is 2. The van der Waals surface area contributed by atoms with Gasteiger partial charge in [-0.25, -0.2) is 0 Å². The highest BCUT2D eigenvalue weighted by Crippen LogP contribution is 2.26. The number of hydrogen-bond acceptors (Lipinski definition) is 3. The number of hydrogen-bond donors (Lipinski definition) is 2. The topological polar surface area (TPSA) is 69.2 Å². The molecule has 1 aliphatic rings. The minimum absolute atomic E-state index is 0.160. The number of aliphatic hydroxyl groups excluding tert-OH is 1. The predicted octanol–water partition coefficient (Wildman–Crippen LogP) is 1.72. The van der Waals surface area contributed by atoms with E-state index in [1.54, 1.807) is 11.1 Å². The van der Waals surface area contributed by atoms with Crippen LogP contribution in [0.4, 0.5) is 0 Å². The van der Waals surface area contributed by atoms with Crippen LogP contribution in [0.25, 0.3) is 0 Å². The van der Waals surface area contributed by atoms with Gasteiger partial charge in [0.1, 0.15) is 6.10 Å². The lowest BCUT2D eigenvalue weighted by molar-refractivity contribution is -0.141. The molecule has 1 saturated heterocycles. The third kappa shape index (κ3) is 3.36. The van der Waals surface area contributed by atoms with Gasteiger partial charge in [0.15, 0.2) is 0 Å². The Morgan fingerprint density at radius 3 is 2.64 bits per heavy atom. The molecule has 22 heavy (non-hydrogen) atoms. The molecule has 5 nitrogen and oxygen atoms in total. The first-order chi connectivity index (χ1) is 10.7.